The summed E-state index contributed by atoms with van der Waals surface area (Å²) in [7, 11) is 1.39. The van der Waals surface area contributed by atoms with Crippen molar-refractivity contribution in [2.45, 2.75) is 39.7 Å². The zero-order valence-corrected chi connectivity index (χ0v) is 18.9. The summed E-state index contributed by atoms with van der Waals surface area (Å²) in [5.41, 5.74) is 3.30. The van der Waals surface area contributed by atoms with E-state index in [4.69, 9.17) is 14.5 Å². The molecule has 0 fully saturated rings. The van der Waals surface area contributed by atoms with Crippen LogP contribution in [0.4, 0.5) is 0 Å². The van der Waals surface area contributed by atoms with Gasteiger partial charge in [0.1, 0.15) is 16.8 Å². The number of carbonyl (C=O) groups is 1. The smallest absolute Gasteiger partial charge is 0.328 e. The van der Waals surface area contributed by atoms with Crippen molar-refractivity contribution in [2.75, 3.05) is 13.7 Å². The number of carbonyl (C=O) groups excluding carboxylic acids is 1. The lowest BCUT2D eigenvalue weighted by Crippen LogP contribution is -2.36. The van der Waals surface area contributed by atoms with Crippen LogP contribution >= 0.6 is 11.3 Å². The van der Waals surface area contributed by atoms with Gasteiger partial charge in [-0.25, -0.2) is 9.78 Å². The number of nitrogens with zero attached hydrogens (tertiary/aromatic N) is 1. The van der Waals surface area contributed by atoms with E-state index in [1.807, 2.05) is 31.2 Å². The molecule has 0 spiro atoms. The first-order valence-electron chi connectivity index (χ1n) is 9.91. The van der Waals surface area contributed by atoms with E-state index < -0.39 is 6.04 Å². The Morgan fingerprint density at radius 1 is 1.33 bits per heavy atom. The van der Waals surface area contributed by atoms with Crippen molar-refractivity contribution >= 4 is 22.9 Å². The molecule has 160 valence electrons. The fourth-order valence-corrected chi connectivity index (χ4v) is 3.76. The molecule has 0 amide bonds. The molecular weight excluding hydrogens is 396 g/mol. The van der Waals surface area contributed by atoms with Crippen LogP contribution in [-0.4, -0.2) is 30.7 Å². The first kappa shape index (κ1) is 23.4. The minimum absolute atomic E-state index is 0.310. The van der Waals surface area contributed by atoms with E-state index in [9.17, 15) is 4.79 Å². The van der Waals surface area contributed by atoms with Crippen LogP contribution in [0.25, 0.3) is 5.57 Å². The van der Waals surface area contributed by atoms with Crippen LogP contribution in [0.5, 0.6) is 5.75 Å². The van der Waals surface area contributed by atoms with Crippen molar-refractivity contribution in [2.24, 2.45) is 0 Å². The minimum Gasteiger partial charge on any atom is -0.493 e. The Balaban J connectivity index is 1.91. The van der Waals surface area contributed by atoms with Gasteiger partial charge in [-0.2, -0.15) is 0 Å². The summed E-state index contributed by atoms with van der Waals surface area (Å²) in [6.07, 6.45) is 8.43. The second-order valence-electron chi connectivity index (χ2n) is 6.78. The topological polar surface area (TPSA) is 60.5 Å². The van der Waals surface area contributed by atoms with Gasteiger partial charge < -0.3 is 14.8 Å². The number of ether oxygens (including phenoxy) is 2. The van der Waals surface area contributed by atoms with E-state index in [0.717, 1.165) is 28.4 Å². The van der Waals surface area contributed by atoms with Crippen molar-refractivity contribution in [1.82, 2.24) is 10.3 Å². The number of nitrogens with one attached hydrogen (secondary N) is 1. The van der Waals surface area contributed by atoms with E-state index in [1.165, 1.54) is 17.6 Å². The Bertz CT molecular complexity index is 898. The average Bonchev–Trinajstić information content (AvgIpc) is 3.13. The van der Waals surface area contributed by atoms with Gasteiger partial charge in [0.05, 0.1) is 19.4 Å². The average molecular weight is 427 g/mol. The highest BCUT2D eigenvalue weighted by molar-refractivity contribution is 7.12. The Kier molecular flexibility index (Phi) is 9.35. The molecule has 1 aromatic carbocycles. The molecule has 0 bridgehead atoms. The molecule has 1 unspecified atom stereocenters. The fraction of sp³-hybridized carbons (Fsp3) is 0.333. The number of aryl methyl sites for hydroxylation is 1. The number of thiazole rings is 1. The van der Waals surface area contributed by atoms with E-state index in [1.54, 1.807) is 29.7 Å². The van der Waals surface area contributed by atoms with Gasteiger partial charge in [-0.15, -0.1) is 11.3 Å². The number of aromatic nitrogens is 1. The number of allylic oxidation sites excluding steroid dienone is 4. The molecule has 5 nitrogen and oxygen atoms in total. The van der Waals surface area contributed by atoms with Crippen molar-refractivity contribution in [3.05, 3.63) is 76.4 Å². The maximum absolute atomic E-state index is 12.0. The Morgan fingerprint density at radius 3 is 2.70 bits per heavy atom. The van der Waals surface area contributed by atoms with Crippen LogP contribution < -0.4 is 10.1 Å². The van der Waals surface area contributed by atoms with Crippen molar-refractivity contribution in [3.8, 4) is 5.75 Å². The highest BCUT2D eigenvalue weighted by atomic mass is 32.1. The highest BCUT2D eigenvalue weighted by Crippen LogP contribution is 2.24. The third kappa shape index (κ3) is 6.88. The van der Waals surface area contributed by atoms with Gasteiger partial charge in [0.2, 0.25) is 0 Å². The number of esters is 1. The maximum Gasteiger partial charge on any atom is 0.328 e. The second kappa shape index (κ2) is 12.0. The summed E-state index contributed by atoms with van der Waals surface area (Å²) in [5, 5.41) is 4.11. The molecule has 0 saturated heterocycles. The summed E-state index contributed by atoms with van der Waals surface area (Å²) >= 11 is 1.72. The first-order chi connectivity index (χ1) is 14.5. The van der Waals surface area contributed by atoms with E-state index in [0.29, 0.717) is 13.0 Å². The van der Waals surface area contributed by atoms with Gasteiger partial charge >= 0.3 is 5.97 Å². The summed E-state index contributed by atoms with van der Waals surface area (Å²) in [4.78, 5) is 17.9. The van der Waals surface area contributed by atoms with Gasteiger partial charge in [-0.3, -0.25) is 0 Å². The summed E-state index contributed by atoms with van der Waals surface area (Å²) in [6, 6.07) is 7.32. The quantitative estimate of drug-likeness (QED) is 0.410. The Morgan fingerprint density at radius 2 is 2.07 bits per heavy atom. The Hall–Kier alpha value is -2.86. The van der Waals surface area contributed by atoms with Crippen molar-refractivity contribution < 1.29 is 14.3 Å². The number of methoxy groups -OCH3 is 1. The van der Waals surface area contributed by atoms with Crippen molar-refractivity contribution in [3.63, 3.8) is 0 Å². The van der Waals surface area contributed by atoms with E-state index in [-0.39, 0.29) is 5.97 Å². The normalized spacial score (nSPS) is 12.6. The predicted octanol–water partition coefficient (Wildman–Crippen LogP) is 4.87. The van der Waals surface area contributed by atoms with Crippen LogP contribution in [0.15, 0.2) is 55.3 Å². The van der Waals surface area contributed by atoms with Gasteiger partial charge in [0.25, 0.3) is 0 Å². The van der Waals surface area contributed by atoms with Crippen LogP contribution in [0.1, 0.15) is 35.0 Å². The van der Waals surface area contributed by atoms with Crippen LogP contribution in [0, 0.1) is 6.92 Å². The fourth-order valence-electron chi connectivity index (χ4n) is 2.77. The molecule has 0 saturated carbocycles. The molecule has 1 atom stereocenters. The molecule has 1 aromatic heterocycles. The number of hydrogen-bond acceptors (Lipinski definition) is 6. The number of benzene rings is 1. The molecule has 0 aliphatic heterocycles. The SMILES string of the molecule is C=C/C=C\NC(Cc1ccc(OCCc2nc(/C(C)=C/C)sc2C)cc1)C(=O)OC. The zero-order valence-electron chi connectivity index (χ0n) is 18.1. The molecule has 2 rings (SSSR count). The van der Waals surface area contributed by atoms with E-state index >= 15 is 0 Å². The van der Waals surface area contributed by atoms with Crippen LogP contribution in [-0.2, 0) is 22.4 Å². The summed E-state index contributed by atoms with van der Waals surface area (Å²) < 4.78 is 10.8. The summed E-state index contributed by atoms with van der Waals surface area (Å²) in [5.74, 6) is 0.487. The summed E-state index contributed by atoms with van der Waals surface area (Å²) in [6.45, 7) is 10.4. The standard InChI is InChI=1S/C24H30N2O3S/c1-6-8-14-25-22(24(27)28-5)16-19-9-11-20(12-10-19)29-15-13-21-18(4)30-23(26-21)17(3)7-2/h6-12,14,22,25H,1,13,15-16H2,2-5H3/b14-8-,17-7+. The van der Waals surface area contributed by atoms with E-state index in [2.05, 4.69) is 31.8 Å². The van der Waals surface area contributed by atoms with Crippen molar-refractivity contribution in [1.29, 1.82) is 0 Å². The molecule has 0 aliphatic rings. The molecular formula is C24H30N2O3S. The monoisotopic (exact) mass is 426 g/mol. The molecule has 6 heteroatoms. The lowest BCUT2D eigenvalue weighted by Gasteiger charge is -2.15. The highest BCUT2D eigenvalue weighted by Gasteiger charge is 2.18. The van der Waals surface area contributed by atoms with Crippen LogP contribution in [0.3, 0.4) is 0 Å². The molecule has 30 heavy (non-hydrogen) atoms. The molecule has 0 aliphatic carbocycles. The lowest BCUT2D eigenvalue weighted by molar-refractivity contribution is -0.142. The molecule has 1 N–H and O–H groups in total. The van der Waals surface area contributed by atoms with Gasteiger partial charge in [0, 0.05) is 17.7 Å². The number of hydrogen-bond donors (Lipinski definition) is 1. The molecule has 2 aromatic rings. The third-order valence-electron chi connectivity index (χ3n) is 4.65. The largest absolute Gasteiger partial charge is 0.493 e. The Labute approximate surface area is 183 Å². The van der Waals surface area contributed by atoms with Gasteiger partial charge in [0.15, 0.2) is 0 Å². The third-order valence-corrected chi connectivity index (χ3v) is 5.80. The van der Waals surface area contributed by atoms with Crippen LogP contribution in [0.2, 0.25) is 0 Å². The number of rotatable bonds is 11. The molecule has 0 radical (unpaired) electrons. The molecule has 1 heterocycles. The van der Waals surface area contributed by atoms with Gasteiger partial charge in [-0.1, -0.05) is 30.9 Å². The zero-order chi connectivity index (χ0) is 21.9. The minimum atomic E-state index is -0.458. The van der Waals surface area contributed by atoms with Gasteiger partial charge in [-0.05, 0) is 56.3 Å². The maximum atomic E-state index is 12.0. The first-order valence-corrected chi connectivity index (χ1v) is 10.7. The second-order valence-corrected chi connectivity index (χ2v) is 7.98. The lowest BCUT2D eigenvalue weighted by atomic mass is 10.1. The predicted molar refractivity (Wildman–Crippen MR) is 124 cm³/mol.